The van der Waals surface area contributed by atoms with Crippen molar-refractivity contribution in [1.82, 2.24) is 19.7 Å². The molecule has 0 spiro atoms. The molecule has 1 aromatic heterocycles. The third kappa shape index (κ3) is 3.36. The van der Waals surface area contributed by atoms with Gasteiger partial charge < -0.3 is 5.11 Å². The summed E-state index contributed by atoms with van der Waals surface area (Å²) in [5, 5.41) is 13.5. The molecular weight excluding hydrogens is 256 g/mol. The zero-order valence-corrected chi connectivity index (χ0v) is 12.5. The van der Waals surface area contributed by atoms with Gasteiger partial charge in [0.25, 0.3) is 0 Å². The van der Waals surface area contributed by atoms with Crippen molar-refractivity contribution in [3.63, 3.8) is 0 Å². The number of carboxylic acid groups (broad SMARTS) is 1. The number of aliphatic carboxylic acids is 1. The Morgan fingerprint density at radius 2 is 2.10 bits per heavy atom. The van der Waals surface area contributed by atoms with Gasteiger partial charge in [-0.25, -0.2) is 9.67 Å². The Labute approximate surface area is 119 Å². The molecular formula is C14H24N4O2. The zero-order chi connectivity index (χ0) is 14.8. The van der Waals surface area contributed by atoms with Gasteiger partial charge in [-0.05, 0) is 38.8 Å². The lowest BCUT2D eigenvalue weighted by Gasteiger charge is -2.36. The Morgan fingerprint density at radius 3 is 2.65 bits per heavy atom. The Morgan fingerprint density at radius 1 is 1.45 bits per heavy atom. The van der Waals surface area contributed by atoms with Gasteiger partial charge in [-0.2, -0.15) is 5.10 Å². The van der Waals surface area contributed by atoms with Gasteiger partial charge in [-0.3, -0.25) is 9.69 Å². The van der Waals surface area contributed by atoms with E-state index in [1.54, 1.807) is 6.33 Å². The minimum atomic E-state index is -0.680. The lowest BCUT2D eigenvalue weighted by atomic mass is 9.80. The van der Waals surface area contributed by atoms with Gasteiger partial charge in [0, 0.05) is 6.54 Å². The smallest absolute Gasteiger partial charge is 0.309 e. The predicted molar refractivity (Wildman–Crippen MR) is 75.1 cm³/mol. The molecule has 2 rings (SSSR count). The van der Waals surface area contributed by atoms with Crippen LogP contribution in [0.4, 0.5) is 0 Å². The average molecular weight is 280 g/mol. The number of rotatable bonds is 5. The van der Waals surface area contributed by atoms with Crippen LogP contribution in [0.3, 0.4) is 0 Å². The van der Waals surface area contributed by atoms with Crippen LogP contribution in [0.5, 0.6) is 0 Å². The molecule has 1 fully saturated rings. The summed E-state index contributed by atoms with van der Waals surface area (Å²) in [6.07, 6.45) is 2.99. The van der Waals surface area contributed by atoms with Crippen LogP contribution in [0.25, 0.3) is 0 Å². The molecule has 0 radical (unpaired) electrons. The van der Waals surface area contributed by atoms with E-state index in [1.807, 2.05) is 11.6 Å². The highest BCUT2D eigenvalue weighted by Crippen LogP contribution is 2.31. The van der Waals surface area contributed by atoms with Crippen LogP contribution in [0, 0.1) is 11.3 Å². The van der Waals surface area contributed by atoms with Crippen LogP contribution in [0.1, 0.15) is 39.4 Å². The zero-order valence-electron chi connectivity index (χ0n) is 12.5. The van der Waals surface area contributed by atoms with E-state index in [-0.39, 0.29) is 0 Å². The number of piperidine rings is 1. The molecule has 1 aliphatic rings. The first kappa shape index (κ1) is 15.0. The van der Waals surface area contributed by atoms with Crippen molar-refractivity contribution in [2.45, 2.75) is 46.7 Å². The summed E-state index contributed by atoms with van der Waals surface area (Å²) < 4.78 is 1.95. The van der Waals surface area contributed by atoms with Crippen molar-refractivity contribution in [2.24, 2.45) is 11.3 Å². The summed E-state index contributed by atoms with van der Waals surface area (Å²) in [4.78, 5) is 17.8. The number of aromatic nitrogens is 3. The average Bonchev–Trinajstić information content (AvgIpc) is 2.79. The molecule has 0 bridgehead atoms. The number of likely N-dealkylation sites (tertiary alicyclic amines) is 1. The van der Waals surface area contributed by atoms with E-state index in [2.05, 4.69) is 28.8 Å². The van der Waals surface area contributed by atoms with Gasteiger partial charge in [-0.1, -0.05) is 13.8 Å². The lowest BCUT2D eigenvalue weighted by Crippen LogP contribution is -2.42. The summed E-state index contributed by atoms with van der Waals surface area (Å²) in [6, 6.07) is 0. The summed E-state index contributed by atoms with van der Waals surface area (Å²) in [7, 11) is 0. The fourth-order valence-electron chi connectivity index (χ4n) is 2.53. The second kappa shape index (κ2) is 5.91. The van der Waals surface area contributed by atoms with E-state index in [4.69, 9.17) is 0 Å². The molecule has 1 aromatic rings. The van der Waals surface area contributed by atoms with Crippen molar-refractivity contribution < 1.29 is 9.90 Å². The van der Waals surface area contributed by atoms with Crippen LogP contribution in [-0.2, 0) is 17.9 Å². The maximum Gasteiger partial charge on any atom is 0.309 e. The highest BCUT2D eigenvalue weighted by Gasteiger charge is 2.36. The number of hydrogen-bond donors (Lipinski definition) is 1. The van der Waals surface area contributed by atoms with Gasteiger partial charge in [0.05, 0.1) is 12.0 Å². The monoisotopic (exact) mass is 280 g/mol. The van der Waals surface area contributed by atoms with E-state index in [9.17, 15) is 9.90 Å². The number of carboxylic acids is 1. The highest BCUT2D eigenvalue weighted by molar-refractivity contribution is 5.74. The predicted octanol–water partition coefficient (Wildman–Crippen LogP) is 1.62. The maximum absolute atomic E-state index is 11.2. The molecule has 6 heteroatoms. The second-order valence-corrected chi connectivity index (χ2v) is 6.39. The molecule has 0 atom stereocenters. The lowest BCUT2D eigenvalue weighted by molar-refractivity contribution is -0.150. The van der Waals surface area contributed by atoms with Gasteiger partial charge in [0.15, 0.2) is 0 Å². The minimum absolute atomic E-state index is 0.534. The first-order valence-electron chi connectivity index (χ1n) is 7.23. The molecule has 0 aliphatic carbocycles. The normalized spacial score (nSPS) is 19.4. The number of nitrogens with zero attached hydrogens (tertiary/aromatic N) is 4. The fourth-order valence-corrected chi connectivity index (χ4v) is 2.53. The van der Waals surface area contributed by atoms with Crippen molar-refractivity contribution >= 4 is 5.97 Å². The minimum Gasteiger partial charge on any atom is -0.481 e. The molecule has 0 aromatic carbocycles. The number of carbonyl (C=O) groups is 1. The Hall–Kier alpha value is -1.43. The van der Waals surface area contributed by atoms with E-state index >= 15 is 0 Å². The molecule has 1 N–H and O–H groups in total. The van der Waals surface area contributed by atoms with Crippen LogP contribution < -0.4 is 0 Å². The third-order valence-electron chi connectivity index (χ3n) is 4.07. The van der Waals surface area contributed by atoms with Gasteiger partial charge in [0.2, 0.25) is 0 Å². The summed E-state index contributed by atoms with van der Waals surface area (Å²) in [6.45, 7) is 9.39. The van der Waals surface area contributed by atoms with Crippen LogP contribution in [0.2, 0.25) is 0 Å². The molecule has 2 heterocycles. The first-order chi connectivity index (χ1) is 9.40. The van der Waals surface area contributed by atoms with E-state index < -0.39 is 11.4 Å². The Balaban J connectivity index is 1.93. The summed E-state index contributed by atoms with van der Waals surface area (Å²) in [5.41, 5.74) is -0.567. The molecule has 112 valence electrons. The van der Waals surface area contributed by atoms with Crippen LogP contribution in [-0.4, -0.2) is 43.8 Å². The molecule has 6 nitrogen and oxygen atoms in total. The Kier molecular flexibility index (Phi) is 4.42. The van der Waals surface area contributed by atoms with Crippen LogP contribution in [0.15, 0.2) is 6.33 Å². The molecule has 0 unspecified atom stereocenters. The molecule has 1 aliphatic heterocycles. The quantitative estimate of drug-likeness (QED) is 0.887. The maximum atomic E-state index is 11.2. The third-order valence-corrected chi connectivity index (χ3v) is 4.07. The molecule has 0 amide bonds. The SMILES string of the molecule is CC(C)Cn1ncnc1CN1CCC(C)(C(=O)O)CC1. The van der Waals surface area contributed by atoms with Crippen molar-refractivity contribution in [1.29, 1.82) is 0 Å². The highest BCUT2D eigenvalue weighted by atomic mass is 16.4. The van der Waals surface area contributed by atoms with Gasteiger partial charge in [0.1, 0.15) is 12.2 Å². The van der Waals surface area contributed by atoms with Crippen molar-refractivity contribution in [3.05, 3.63) is 12.2 Å². The van der Waals surface area contributed by atoms with E-state index in [0.29, 0.717) is 18.8 Å². The molecule has 20 heavy (non-hydrogen) atoms. The molecule has 1 saturated heterocycles. The van der Waals surface area contributed by atoms with E-state index in [1.165, 1.54) is 0 Å². The van der Waals surface area contributed by atoms with E-state index in [0.717, 1.165) is 32.0 Å². The Bertz CT molecular complexity index is 461. The summed E-state index contributed by atoms with van der Waals surface area (Å²) >= 11 is 0. The summed E-state index contributed by atoms with van der Waals surface area (Å²) in [5.74, 6) is 0.824. The first-order valence-corrected chi connectivity index (χ1v) is 7.23. The number of hydrogen-bond acceptors (Lipinski definition) is 4. The topological polar surface area (TPSA) is 71.2 Å². The molecule has 0 saturated carbocycles. The van der Waals surface area contributed by atoms with Gasteiger partial charge in [-0.15, -0.1) is 0 Å². The fraction of sp³-hybridized carbons (Fsp3) is 0.786. The largest absolute Gasteiger partial charge is 0.481 e. The van der Waals surface area contributed by atoms with Gasteiger partial charge >= 0.3 is 5.97 Å². The second-order valence-electron chi connectivity index (χ2n) is 6.39. The van der Waals surface area contributed by atoms with Crippen LogP contribution >= 0.6 is 0 Å². The van der Waals surface area contributed by atoms with Crippen molar-refractivity contribution in [3.8, 4) is 0 Å². The standard InChI is InChI=1S/C14H24N4O2/c1-11(2)8-18-12(15-10-16-18)9-17-6-4-14(3,5-7-17)13(19)20/h10-11H,4-9H2,1-3H3,(H,19,20). The van der Waals surface area contributed by atoms with Crippen molar-refractivity contribution in [2.75, 3.05) is 13.1 Å².